The maximum Gasteiger partial charge on any atom is 0.273 e. The van der Waals surface area contributed by atoms with E-state index in [4.69, 9.17) is 11.6 Å². The fourth-order valence-electron chi connectivity index (χ4n) is 3.66. The number of unbranched alkanes of at least 4 members (excludes halogenated alkanes) is 1. The van der Waals surface area contributed by atoms with E-state index in [0.717, 1.165) is 24.0 Å². The predicted octanol–water partition coefficient (Wildman–Crippen LogP) is 4.78. The fraction of sp³-hybridized carbons (Fsp3) is 0.238. The first-order valence-corrected chi connectivity index (χ1v) is 9.42. The molecule has 1 amide bonds. The van der Waals surface area contributed by atoms with Gasteiger partial charge in [-0.3, -0.25) is 9.89 Å². The second kappa shape index (κ2) is 7.08. The number of fused-ring (bicyclic) bond motifs is 1. The van der Waals surface area contributed by atoms with Gasteiger partial charge in [0.25, 0.3) is 5.91 Å². The molecule has 0 aliphatic carbocycles. The van der Waals surface area contributed by atoms with E-state index < -0.39 is 0 Å². The minimum absolute atomic E-state index is 0.0717. The maximum atomic E-state index is 13.1. The average molecular weight is 382 g/mol. The predicted molar refractivity (Wildman–Crippen MR) is 105 cm³/mol. The highest BCUT2D eigenvalue weighted by Crippen LogP contribution is 2.44. The van der Waals surface area contributed by atoms with Gasteiger partial charge in [0.15, 0.2) is 0 Å². The van der Waals surface area contributed by atoms with Crippen LogP contribution in [0.5, 0.6) is 5.75 Å². The monoisotopic (exact) mass is 381 g/mol. The molecule has 0 saturated carbocycles. The Morgan fingerprint density at radius 1 is 1.22 bits per heavy atom. The van der Waals surface area contributed by atoms with Crippen LogP contribution in [0.2, 0.25) is 5.02 Å². The number of hydrogen-bond donors (Lipinski definition) is 2. The Morgan fingerprint density at radius 3 is 2.78 bits per heavy atom. The van der Waals surface area contributed by atoms with Crippen molar-refractivity contribution >= 4 is 17.5 Å². The molecule has 3 aromatic rings. The molecular formula is C21H20ClN3O2. The fourth-order valence-corrected chi connectivity index (χ4v) is 3.86. The van der Waals surface area contributed by atoms with E-state index in [-0.39, 0.29) is 17.7 Å². The number of nitrogens with one attached hydrogen (secondary N) is 1. The third kappa shape index (κ3) is 2.98. The number of nitrogens with zero attached hydrogens (tertiary/aromatic N) is 2. The summed E-state index contributed by atoms with van der Waals surface area (Å²) in [6.07, 6.45) is 1.90. The molecule has 138 valence electrons. The number of carbonyl (C=O) groups is 1. The largest absolute Gasteiger partial charge is 0.507 e. The SMILES string of the molecule is CCCCN1C(=O)c2[nH]nc(-c3ccccc3O)c2C1c1cccc(Cl)c1. The zero-order chi connectivity index (χ0) is 19.0. The lowest BCUT2D eigenvalue weighted by Gasteiger charge is -2.26. The van der Waals surface area contributed by atoms with E-state index in [9.17, 15) is 9.90 Å². The van der Waals surface area contributed by atoms with E-state index in [1.807, 2.05) is 35.2 Å². The molecule has 1 atom stereocenters. The Hall–Kier alpha value is -2.79. The van der Waals surface area contributed by atoms with Crippen molar-refractivity contribution in [1.29, 1.82) is 0 Å². The summed E-state index contributed by atoms with van der Waals surface area (Å²) in [6, 6.07) is 14.3. The number of phenolic OH excluding ortho intramolecular Hbond substituents is 1. The van der Waals surface area contributed by atoms with Gasteiger partial charge in [-0.05, 0) is 36.2 Å². The molecule has 1 aliphatic heterocycles. The first-order chi connectivity index (χ1) is 13.1. The summed E-state index contributed by atoms with van der Waals surface area (Å²) in [5, 5.41) is 18.2. The highest BCUT2D eigenvalue weighted by Gasteiger charge is 2.42. The summed E-state index contributed by atoms with van der Waals surface area (Å²) in [4.78, 5) is 14.9. The number of aromatic hydroxyl groups is 1. The van der Waals surface area contributed by atoms with Crippen LogP contribution in [0.25, 0.3) is 11.3 Å². The van der Waals surface area contributed by atoms with Crippen LogP contribution in [-0.2, 0) is 0 Å². The summed E-state index contributed by atoms with van der Waals surface area (Å²) in [7, 11) is 0. The third-order valence-electron chi connectivity index (χ3n) is 4.94. The van der Waals surface area contributed by atoms with Gasteiger partial charge in [-0.15, -0.1) is 0 Å². The van der Waals surface area contributed by atoms with E-state index in [2.05, 4.69) is 17.1 Å². The first-order valence-electron chi connectivity index (χ1n) is 9.05. The van der Waals surface area contributed by atoms with Crippen molar-refractivity contribution in [2.24, 2.45) is 0 Å². The molecule has 1 unspecified atom stereocenters. The van der Waals surface area contributed by atoms with Crippen molar-refractivity contribution in [3.63, 3.8) is 0 Å². The summed E-state index contributed by atoms with van der Waals surface area (Å²) >= 11 is 6.23. The highest BCUT2D eigenvalue weighted by molar-refractivity contribution is 6.30. The number of halogens is 1. The van der Waals surface area contributed by atoms with E-state index in [1.165, 1.54) is 0 Å². The number of amides is 1. The van der Waals surface area contributed by atoms with Gasteiger partial charge in [-0.1, -0.05) is 49.2 Å². The molecule has 0 saturated heterocycles. The summed E-state index contributed by atoms with van der Waals surface area (Å²) < 4.78 is 0. The van der Waals surface area contributed by atoms with Gasteiger partial charge in [-0.2, -0.15) is 5.10 Å². The molecule has 1 aromatic heterocycles. The first kappa shape index (κ1) is 17.6. The van der Waals surface area contributed by atoms with E-state index in [0.29, 0.717) is 28.5 Å². The summed E-state index contributed by atoms with van der Waals surface area (Å²) in [5.41, 5.74) is 3.41. The lowest BCUT2D eigenvalue weighted by atomic mass is 9.95. The summed E-state index contributed by atoms with van der Waals surface area (Å²) in [5.74, 6) is 0.0636. The minimum Gasteiger partial charge on any atom is -0.507 e. The lowest BCUT2D eigenvalue weighted by Crippen LogP contribution is -2.30. The minimum atomic E-state index is -0.286. The van der Waals surface area contributed by atoms with Crippen LogP contribution >= 0.6 is 11.6 Å². The molecular weight excluding hydrogens is 362 g/mol. The summed E-state index contributed by atoms with van der Waals surface area (Å²) in [6.45, 7) is 2.75. The molecule has 0 radical (unpaired) electrons. The van der Waals surface area contributed by atoms with Gasteiger partial charge in [0, 0.05) is 22.7 Å². The molecule has 2 aromatic carbocycles. The number of aromatic nitrogens is 2. The van der Waals surface area contributed by atoms with Crippen molar-refractivity contribution in [3.8, 4) is 17.0 Å². The van der Waals surface area contributed by atoms with Crippen LogP contribution < -0.4 is 0 Å². The van der Waals surface area contributed by atoms with Gasteiger partial charge < -0.3 is 10.0 Å². The number of rotatable bonds is 5. The number of H-pyrrole nitrogens is 1. The lowest BCUT2D eigenvalue weighted by molar-refractivity contribution is 0.0741. The average Bonchev–Trinajstić information content (AvgIpc) is 3.20. The molecule has 27 heavy (non-hydrogen) atoms. The van der Waals surface area contributed by atoms with Crippen molar-refractivity contribution in [2.75, 3.05) is 6.54 Å². The van der Waals surface area contributed by atoms with E-state index >= 15 is 0 Å². The molecule has 0 spiro atoms. The van der Waals surface area contributed by atoms with Crippen molar-refractivity contribution in [2.45, 2.75) is 25.8 Å². The van der Waals surface area contributed by atoms with Crippen LogP contribution in [0.3, 0.4) is 0 Å². The number of carbonyl (C=O) groups excluding carboxylic acids is 1. The van der Waals surface area contributed by atoms with Crippen LogP contribution in [0, 0.1) is 0 Å². The van der Waals surface area contributed by atoms with Gasteiger partial charge in [0.05, 0.1) is 6.04 Å². The van der Waals surface area contributed by atoms with Crippen molar-refractivity contribution in [1.82, 2.24) is 15.1 Å². The molecule has 5 nitrogen and oxygen atoms in total. The van der Waals surface area contributed by atoms with Gasteiger partial charge >= 0.3 is 0 Å². The number of para-hydroxylation sites is 1. The van der Waals surface area contributed by atoms with Gasteiger partial charge in [0.2, 0.25) is 0 Å². The molecule has 4 rings (SSSR count). The van der Waals surface area contributed by atoms with Crippen molar-refractivity contribution in [3.05, 3.63) is 70.4 Å². The third-order valence-corrected chi connectivity index (χ3v) is 5.18. The Bertz CT molecular complexity index is 999. The van der Waals surface area contributed by atoms with Crippen LogP contribution in [0.15, 0.2) is 48.5 Å². The molecule has 2 N–H and O–H groups in total. The number of aromatic amines is 1. The van der Waals surface area contributed by atoms with Crippen molar-refractivity contribution < 1.29 is 9.90 Å². The molecule has 6 heteroatoms. The maximum absolute atomic E-state index is 13.1. The van der Waals surface area contributed by atoms with Gasteiger partial charge in [-0.25, -0.2) is 0 Å². The Kier molecular flexibility index (Phi) is 4.62. The molecule has 0 bridgehead atoms. The zero-order valence-corrected chi connectivity index (χ0v) is 15.7. The second-order valence-corrected chi connectivity index (χ2v) is 7.12. The Labute approximate surface area is 162 Å². The highest BCUT2D eigenvalue weighted by atomic mass is 35.5. The van der Waals surface area contributed by atoms with Crippen LogP contribution in [0.1, 0.15) is 47.4 Å². The van der Waals surface area contributed by atoms with E-state index in [1.54, 1.807) is 18.2 Å². The van der Waals surface area contributed by atoms with Crippen LogP contribution in [-0.4, -0.2) is 32.7 Å². The number of benzene rings is 2. The second-order valence-electron chi connectivity index (χ2n) is 6.69. The Morgan fingerprint density at radius 2 is 2.04 bits per heavy atom. The molecule has 2 heterocycles. The topological polar surface area (TPSA) is 69.2 Å². The standard InChI is InChI=1S/C21H20ClN3O2/c1-2-3-11-25-20(13-7-6-8-14(22)12-13)17-18(23-24-19(17)21(25)27)15-9-4-5-10-16(15)26/h4-10,12,20,26H,2-3,11H2,1H3,(H,23,24). The smallest absolute Gasteiger partial charge is 0.273 e. The molecule has 1 aliphatic rings. The normalized spacial score (nSPS) is 16.0. The molecule has 0 fully saturated rings. The quantitative estimate of drug-likeness (QED) is 0.668. The zero-order valence-electron chi connectivity index (χ0n) is 14.9. The van der Waals surface area contributed by atoms with Gasteiger partial charge in [0.1, 0.15) is 17.1 Å². The Balaban J connectivity index is 1.89. The number of phenols is 1. The van der Waals surface area contributed by atoms with Crippen LogP contribution in [0.4, 0.5) is 0 Å². The number of hydrogen-bond acceptors (Lipinski definition) is 3.